The Morgan fingerprint density at radius 3 is 2.62 bits per heavy atom. The zero-order valence-electron chi connectivity index (χ0n) is 21.6. The molecule has 3 heterocycles. The van der Waals surface area contributed by atoms with Crippen LogP contribution in [0.15, 0.2) is 54.7 Å². The van der Waals surface area contributed by atoms with Gasteiger partial charge in [0.15, 0.2) is 0 Å². The van der Waals surface area contributed by atoms with Crippen LogP contribution in [-0.4, -0.2) is 57.7 Å². The highest BCUT2D eigenvalue weighted by atomic mass is 19.1. The molecule has 37 heavy (non-hydrogen) atoms. The molecule has 2 fully saturated rings. The number of aromatic nitrogens is 1. The van der Waals surface area contributed by atoms with E-state index in [1.54, 1.807) is 15.9 Å². The van der Waals surface area contributed by atoms with E-state index >= 15 is 0 Å². The summed E-state index contributed by atoms with van der Waals surface area (Å²) in [5.41, 5.74) is 2.19. The number of halogens is 1. The van der Waals surface area contributed by atoms with Crippen LogP contribution in [0, 0.1) is 11.7 Å². The second kappa shape index (κ2) is 10.1. The zero-order valence-corrected chi connectivity index (χ0v) is 21.6. The van der Waals surface area contributed by atoms with Gasteiger partial charge in [0.2, 0.25) is 0 Å². The van der Waals surface area contributed by atoms with Crippen molar-refractivity contribution in [1.29, 1.82) is 0 Å². The van der Waals surface area contributed by atoms with E-state index in [2.05, 4.69) is 4.98 Å². The Morgan fingerprint density at radius 1 is 1.08 bits per heavy atom. The smallest absolute Gasteiger partial charge is 0.410 e. The van der Waals surface area contributed by atoms with Crippen LogP contribution in [-0.2, 0) is 22.5 Å². The minimum atomic E-state index is -0.600. The number of benzene rings is 2. The molecule has 0 aliphatic carbocycles. The standard InChI is InChI=1S/C29H34FN3O4/c1-29(2,3)37-28(35)32-14-13-25-26(32)21(10-9-20-16-31-24-15-22(30)11-12-23(20)24)17-33(25)27(34)36-18-19-7-5-4-6-8-19/h4-8,11-12,15-16,21,25-26,31H,9-10,13-14,17-18H2,1-3H3. The summed E-state index contributed by atoms with van der Waals surface area (Å²) in [6.07, 6.45) is 3.43. The number of aryl methyl sites for hydroxylation is 1. The molecular formula is C29H34FN3O4. The highest BCUT2D eigenvalue weighted by molar-refractivity contribution is 5.83. The van der Waals surface area contributed by atoms with Gasteiger partial charge in [-0.15, -0.1) is 0 Å². The number of rotatable bonds is 5. The number of carbonyl (C=O) groups is 2. The first-order chi connectivity index (χ1) is 17.7. The third-order valence-corrected chi connectivity index (χ3v) is 7.32. The molecule has 8 heteroatoms. The molecule has 2 aliphatic rings. The minimum Gasteiger partial charge on any atom is -0.445 e. The van der Waals surface area contributed by atoms with Crippen molar-refractivity contribution < 1.29 is 23.5 Å². The third kappa shape index (κ3) is 5.43. The van der Waals surface area contributed by atoms with Crippen molar-refractivity contribution >= 4 is 23.1 Å². The number of amides is 2. The van der Waals surface area contributed by atoms with Gasteiger partial charge in [0.25, 0.3) is 0 Å². The quantitative estimate of drug-likeness (QED) is 0.468. The second-order valence-corrected chi connectivity index (χ2v) is 11.0. The fourth-order valence-corrected chi connectivity index (χ4v) is 5.72. The maximum Gasteiger partial charge on any atom is 0.410 e. The van der Waals surface area contributed by atoms with Crippen molar-refractivity contribution in [2.45, 2.75) is 64.3 Å². The van der Waals surface area contributed by atoms with Gasteiger partial charge in [0.1, 0.15) is 18.0 Å². The van der Waals surface area contributed by atoms with Crippen molar-refractivity contribution in [1.82, 2.24) is 14.8 Å². The maximum atomic E-state index is 13.6. The fraction of sp³-hybridized carbons (Fsp3) is 0.448. The number of aromatic amines is 1. The van der Waals surface area contributed by atoms with E-state index < -0.39 is 5.60 Å². The van der Waals surface area contributed by atoms with Gasteiger partial charge in [-0.1, -0.05) is 30.3 Å². The van der Waals surface area contributed by atoms with Crippen LogP contribution >= 0.6 is 0 Å². The van der Waals surface area contributed by atoms with E-state index in [1.165, 1.54) is 12.1 Å². The molecule has 7 nitrogen and oxygen atoms in total. The van der Waals surface area contributed by atoms with Crippen LogP contribution in [0.25, 0.3) is 10.9 Å². The molecule has 2 saturated heterocycles. The molecule has 2 amide bonds. The third-order valence-electron chi connectivity index (χ3n) is 7.32. The molecule has 196 valence electrons. The summed E-state index contributed by atoms with van der Waals surface area (Å²) in [5, 5.41) is 0.991. The summed E-state index contributed by atoms with van der Waals surface area (Å²) in [7, 11) is 0. The number of ether oxygens (including phenoxy) is 2. The lowest BCUT2D eigenvalue weighted by Gasteiger charge is -2.31. The van der Waals surface area contributed by atoms with Gasteiger partial charge in [0, 0.05) is 30.2 Å². The number of nitrogens with one attached hydrogen (secondary N) is 1. The van der Waals surface area contributed by atoms with Crippen LogP contribution in [0.4, 0.5) is 14.0 Å². The molecule has 0 bridgehead atoms. The van der Waals surface area contributed by atoms with Crippen molar-refractivity contribution in [3.05, 3.63) is 71.7 Å². The number of fused-ring (bicyclic) bond motifs is 2. The Kier molecular flexibility index (Phi) is 6.84. The molecule has 3 atom stereocenters. The fourth-order valence-electron chi connectivity index (χ4n) is 5.72. The van der Waals surface area contributed by atoms with Crippen LogP contribution < -0.4 is 0 Å². The van der Waals surface area contributed by atoms with Crippen LogP contribution in [0.5, 0.6) is 0 Å². The Bertz CT molecular complexity index is 1270. The summed E-state index contributed by atoms with van der Waals surface area (Å²) in [5.74, 6) is -0.210. The molecule has 0 spiro atoms. The lowest BCUT2D eigenvalue weighted by molar-refractivity contribution is 0.0186. The van der Waals surface area contributed by atoms with Gasteiger partial charge in [-0.05, 0) is 75.3 Å². The van der Waals surface area contributed by atoms with E-state index in [0.717, 1.165) is 34.9 Å². The summed E-state index contributed by atoms with van der Waals surface area (Å²) < 4.78 is 25.0. The first-order valence-electron chi connectivity index (χ1n) is 12.9. The summed E-state index contributed by atoms with van der Waals surface area (Å²) in [4.78, 5) is 33.0. The average molecular weight is 508 g/mol. The van der Waals surface area contributed by atoms with E-state index in [-0.39, 0.29) is 42.6 Å². The molecule has 3 aromatic rings. The van der Waals surface area contributed by atoms with Crippen LogP contribution in [0.3, 0.4) is 0 Å². The number of hydrogen-bond acceptors (Lipinski definition) is 4. The molecule has 1 N–H and O–H groups in total. The lowest BCUT2D eigenvalue weighted by Crippen LogP contribution is -2.45. The Balaban J connectivity index is 1.33. The number of hydrogen-bond donors (Lipinski definition) is 1. The van der Waals surface area contributed by atoms with Gasteiger partial charge in [-0.3, -0.25) is 0 Å². The number of H-pyrrole nitrogens is 1. The maximum absolute atomic E-state index is 13.6. The van der Waals surface area contributed by atoms with Gasteiger partial charge in [-0.25, -0.2) is 14.0 Å². The van der Waals surface area contributed by atoms with Crippen molar-refractivity contribution in [2.75, 3.05) is 13.1 Å². The largest absolute Gasteiger partial charge is 0.445 e. The van der Waals surface area contributed by atoms with Gasteiger partial charge < -0.3 is 24.3 Å². The number of carbonyl (C=O) groups excluding carboxylic acids is 2. The van der Waals surface area contributed by atoms with Crippen molar-refractivity contribution in [2.24, 2.45) is 5.92 Å². The van der Waals surface area contributed by atoms with E-state index in [1.807, 2.05) is 57.3 Å². The van der Waals surface area contributed by atoms with Crippen LogP contribution in [0.1, 0.15) is 44.7 Å². The SMILES string of the molecule is CC(C)(C)OC(=O)N1CCC2C1C(CCc1c[nH]c3cc(F)ccc13)CN2C(=O)OCc1ccccc1. The zero-order chi connectivity index (χ0) is 26.2. The van der Waals surface area contributed by atoms with Gasteiger partial charge in [0.05, 0.1) is 12.1 Å². The highest BCUT2D eigenvalue weighted by Crippen LogP contribution is 2.39. The van der Waals surface area contributed by atoms with Crippen molar-refractivity contribution in [3.63, 3.8) is 0 Å². The Hall–Kier alpha value is -3.55. The first-order valence-corrected chi connectivity index (χ1v) is 12.9. The van der Waals surface area contributed by atoms with E-state index in [0.29, 0.717) is 19.5 Å². The molecule has 5 rings (SSSR count). The Labute approximate surface area is 216 Å². The summed E-state index contributed by atoms with van der Waals surface area (Å²) >= 11 is 0. The minimum absolute atomic E-state index is 0.0645. The van der Waals surface area contributed by atoms with Gasteiger partial charge in [-0.2, -0.15) is 0 Å². The molecule has 2 aromatic carbocycles. The lowest BCUT2D eigenvalue weighted by atomic mass is 9.92. The molecular weight excluding hydrogens is 473 g/mol. The highest BCUT2D eigenvalue weighted by Gasteiger charge is 2.52. The molecule has 1 aromatic heterocycles. The van der Waals surface area contributed by atoms with Crippen molar-refractivity contribution in [3.8, 4) is 0 Å². The van der Waals surface area contributed by atoms with Crippen LogP contribution in [0.2, 0.25) is 0 Å². The average Bonchev–Trinajstić information content (AvgIpc) is 3.55. The topological polar surface area (TPSA) is 74.9 Å². The molecule has 3 unspecified atom stereocenters. The Morgan fingerprint density at radius 2 is 1.86 bits per heavy atom. The second-order valence-electron chi connectivity index (χ2n) is 11.0. The predicted octanol–water partition coefficient (Wildman–Crippen LogP) is 5.89. The van der Waals surface area contributed by atoms with E-state index in [9.17, 15) is 14.0 Å². The molecule has 2 aliphatic heterocycles. The number of nitrogens with zero attached hydrogens (tertiary/aromatic N) is 2. The molecule has 0 saturated carbocycles. The predicted molar refractivity (Wildman–Crippen MR) is 139 cm³/mol. The summed E-state index contributed by atoms with van der Waals surface area (Å²) in [6.45, 7) is 6.84. The monoisotopic (exact) mass is 507 g/mol. The van der Waals surface area contributed by atoms with Gasteiger partial charge >= 0.3 is 12.2 Å². The summed E-state index contributed by atoms with van der Waals surface area (Å²) in [6, 6.07) is 14.1. The van der Waals surface area contributed by atoms with E-state index in [4.69, 9.17) is 9.47 Å². The first kappa shape index (κ1) is 25.1. The number of likely N-dealkylation sites (tertiary alicyclic amines) is 2. The molecule has 0 radical (unpaired) electrons. The normalized spacial score (nSPS) is 21.4.